The van der Waals surface area contributed by atoms with E-state index < -0.39 is 12.1 Å². The molecule has 0 radical (unpaired) electrons. The fourth-order valence-corrected chi connectivity index (χ4v) is 10.4. The average molecular weight is 1090 g/mol. The molecule has 6 heteroatoms. The Labute approximate surface area is 486 Å². The highest BCUT2D eigenvalue weighted by molar-refractivity contribution is 5.76. The van der Waals surface area contributed by atoms with Gasteiger partial charge in [0.25, 0.3) is 0 Å². The number of amides is 1. The Bertz CT molecular complexity index is 1350. The van der Waals surface area contributed by atoms with Crippen molar-refractivity contribution in [2.24, 2.45) is 0 Å². The third-order valence-corrected chi connectivity index (χ3v) is 15.8. The lowest BCUT2D eigenvalue weighted by Crippen LogP contribution is -2.45. The van der Waals surface area contributed by atoms with Gasteiger partial charge in [0.1, 0.15) is 0 Å². The summed E-state index contributed by atoms with van der Waals surface area (Å²) in [7, 11) is 0. The molecule has 0 bridgehead atoms. The van der Waals surface area contributed by atoms with Gasteiger partial charge in [0.2, 0.25) is 5.91 Å². The van der Waals surface area contributed by atoms with Crippen LogP contribution in [0.4, 0.5) is 0 Å². The minimum Gasteiger partial charge on any atom is -0.466 e. The van der Waals surface area contributed by atoms with Crippen molar-refractivity contribution in [1.29, 1.82) is 0 Å². The first-order valence-electron chi connectivity index (χ1n) is 34.6. The fraction of sp³-hybridized carbons (Fsp3) is 0.833. The lowest BCUT2D eigenvalue weighted by atomic mass is 10.0. The second-order valence-corrected chi connectivity index (χ2v) is 23.5. The van der Waals surface area contributed by atoms with E-state index in [4.69, 9.17) is 4.74 Å². The second kappa shape index (κ2) is 67.1. The monoisotopic (exact) mass is 1090 g/mol. The quantitative estimate of drug-likeness (QED) is 0.0320. The number of rotatable bonds is 64. The molecule has 0 spiro atoms. The normalized spacial score (nSPS) is 12.9. The van der Waals surface area contributed by atoms with Crippen molar-refractivity contribution in [2.75, 3.05) is 13.2 Å². The lowest BCUT2D eigenvalue weighted by Gasteiger charge is -2.20. The van der Waals surface area contributed by atoms with E-state index >= 15 is 0 Å². The van der Waals surface area contributed by atoms with Crippen LogP contribution in [0.3, 0.4) is 0 Å². The first-order valence-corrected chi connectivity index (χ1v) is 34.6. The Kier molecular flexibility index (Phi) is 65.0. The summed E-state index contributed by atoms with van der Waals surface area (Å²) in [5, 5.41) is 23.1. The van der Waals surface area contributed by atoms with Crippen molar-refractivity contribution in [3.05, 3.63) is 60.8 Å². The van der Waals surface area contributed by atoms with E-state index in [-0.39, 0.29) is 18.5 Å². The van der Waals surface area contributed by atoms with Crippen molar-refractivity contribution < 1.29 is 24.5 Å². The minimum atomic E-state index is -0.843. The number of ether oxygens (including phenoxy) is 1. The third kappa shape index (κ3) is 62.8. The maximum atomic E-state index is 12.5. The Morgan fingerprint density at radius 1 is 0.359 bits per heavy atom. The van der Waals surface area contributed by atoms with Gasteiger partial charge < -0.3 is 20.3 Å². The molecule has 0 aromatic heterocycles. The van der Waals surface area contributed by atoms with Crippen LogP contribution in [0.2, 0.25) is 0 Å². The first kappa shape index (κ1) is 75.6. The molecule has 2 atom stereocenters. The summed E-state index contributed by atoms with van der Waals surface area (Å²) >= 11 is 0. The van der Waals surface area contributed by atoms with E-state index in [0.29, 0.717) is 19.4 Å². The zero-order valence-corrected chi connectivity index (χ0v) is 52.1. The molecule has 1 amide bonds. The maximum absolute atomic E-state index is 12.5. The molecular formula is C72H133NO5. The van der Waals surface area contributed by atoms with Gasteiger partial charge in [-0.05, 0) is 89.9 Å². The maximum Gasteiger partial charge on any atom is 0.305 e. The molecule has 0 aliphatic carbocycles. The van der Waals surface area contributed by atoms with Crippen molar-refractivity contribution in [3.8, 4) is 0 Å². The summed E-state index contributed by atoms with van der Waals surface area (Å²) in [6, 6.07) is -0.627. The topological polar surface area (TPSA) is 95.9 Å². The van der Waals surface area contributed by atoms with Crippen molar-refractivity contribution in [2.45, 2.75) is 373 Å². The standard InChI is InChI=1S/C72H133NO5/c1-3-5-7-9-11-13-15-17-40-44-48-52-56-60-64-70(75)69(68-74)73-71(76)65-61-57-53-49-45-41-38-36-34-32-30-28-26-24-22-20-19-21-23-25-27-29-31-33-35-37-39-43-47-51-55-59-63-67-78-72(77)66-62-58-54-50-46-42-18-16-14-12-10-8-6-4-2/h10,12,16,18,23,25,29,31,60,64,69-70,74-75H,3-9,11,13-15,17,19-22,24,26-28,30,32-59,61-63,65-68H2,1-2H3,(H,73,76)/b12-10-,18-16-,25-23-,31-29-,64-60+. The molecule has 6 nitrogen and oxygen atoms in total. The smallest absolute Gasteiger partial charge is 0.305 e. The Morgan fingerprint density at radius 2 is 0.654 bits per heavy atom. The van der Waals surface area contributed by atoms with E-state index in [1.54, 1.807) is 6.08 Å². The fourth-order valence-electron chi connectivity index (χ4n) is 10.4. The zero-order valence-electron chi connectivity index (χ0n) is 52.1. The van der Waals surface area contributed by atoms with Crippen LogP contribution in [0.1, 0.15) is 361 Å². The molecule has 78 heavy (non-hydrogen) atoms. The number of allylic oxidation sites excluding steroid dienone is 9. The van der Waals surface area contributed by atoms with Crippen LogP contribution in [0, 0.1) is 0 Å². The van der Waals surface area contributed by atoms with Gasteiger partial charge in [0.05, 0.1) is 25.4 Å². The first-order chi connectivity index (χ1) is 38.5. The molecule has 3 N–H and O–H groups in total. The lowest BCUT2D eigenvalue weighted by molar-refractivity contribution is -0.143. The predicted molar refractivity (Wildman–Crippen MR) is 342 cm³/mol. The van der Waals surface area contributed by atoms with Gasteiger partial charge in [-0.1, -0.05) is 319 Å². The Balaban J connectivity index is 3.40. The highest BCUT2D eigenvalue weighted by Gasteiger charge is 2.18. The highest BCUT2D eigenvalue weighted by atomic mass is 16.5. The molecule has 0 heterocycles. The molecule has 0 aliphatic rings. The number of nitrogens with one attached hydrogen (secondary N) is 1. The van der Waals surface area contributed by atoms with E-state index in [0.717, 1.165) is 57.8 Å². The summed E-state index contributed by atoms with van der Waals surface area (Å²) in [5.41, 5.74) is 0. The van der Waals surface area contributed by atoms with Crippen LogP contribution in [0.25, 0.3) is 0 Å². The number of aliphatic hydroxyl groups is 2. The number of carbonyl (C=O) groups is 2. The molecule has 0 aromatic rings. The molecule has 0 rings (SSSR count). The van der Waals surface area contributed by atoms with Gasteiger partial charge >= 0.3 is 5.97 Å². The highest BCUT2D eigenvalue weighted by Crippen LogP contribution is 2.17. The molecule has 0 fully saturated rings. The van der Waals surface area contributed by atoms with Crippen molar-refractivity contribution in [1.82, 2.24) is 5.32 Å². The number of unbranched alkanes of at least 4 members (excludes halogenated alkanes) is 45. The second-order valence-electron chi connectivity index (χ2n) is 23.5. The van der Waals surface area contributed by atoms with Crippen LogP contribution in [0.5, 0.6) is 0 Å². The van der Waals surface area contributed by atoms with E-state index in [1.807, 2.05) is 6.08 Å². The number of hydrogen-bond acceptors (Lipinski definition) is 5. The van der Waals surface area contributed by atoms with Crippen LogP contribution in [-0.4, -0.2) is 47.4 Å². The summed E-state index contributed by atoms with van der Waals surface area (Å²) in [6.45, 7) is 4.87. The van der Waals surface area contributed by atoms with Gasteiger partial charge in [-0.3, -0.25) is 9.59 Å². The minimum absolute atomic E-state index is 0.00109. The van der Waals surface area contributed by atoms with E-state index in [2.05, 4.69) is 67.8 Å². The summed E-state index contributed by atoms with van der Waals surface area (Å²) in [6.07, 6.45) is 88.7. The van der Waals surface area contributed by atoms with Gasteiger partial charge in [-0.25, -0.2) is 0 Å². The van der Waals surface area contributed by atoms with E-state index in [9.17, 15) is 19.8 Å². The number of hydrogen-bond donors (Lipinski definition) is 3. The zero-order chi connectivity index (χ0) is 56.4. The number of esters is 1. The SMILES string of the molecule is CCCC/C=C\C/C=C\CCCCCCCC(=O)OCCCCCCCCCCC/C=C\C/C=C\CCCCCCCCCCCCCCCCCCCC(=O)NC(CO)C(O)/C=C/CCCCCCCCCCCCCC. The predicted octanol–water partition coefficient (Wildman–Crippen LogP) is 22.3. The summed E-state index contributed by atoms with van der Waals surface area (Å²) in [5.74, 6) is -0.0664. The number of aliphatic hydroxyl groups excluding tert-OH is 2. The van der Waals surface area contributed by atoms with E-state index in [1.165, 1.54) is 276 Å². The van der Waals surface area contributed by atoms with Crippen molar-refractivity contribution >= 4 is 11.9 Å². The van der Waals surface area contributed by atoms with Crippen LogP contribution in [-0.2, 0) is 14.3 Å². The molecule has 0 saturated heterocycles. The molecule has 0 saturated carbocycles. The van der Waals surface area contributed by atoms with Crippen molar-refractivity contribution in [3.63, 3.8) is 0 Å². The molecule has 2 unspecified atom stereocenters. The summed E-state index contributed by atoms with van der Waals surface area (Å²) in [4.78, 5) is 24.5. The van der Waals surface area contributed by atoms with Crippen LogP contribution >= 0.6 is 0 Å². The molecule has 456 valence electrons. The summed E-state index contributed by atoms with van der Waals surface area (Å²) < 4.78 is 5.47. The van der Waals surface area contributed by atoms with Gasteiger partial charge in [0, 0.05) is 12.8 Å². The average Bonchev–Trinajstić information content (AvgIpc) is 3.44. The molecule has 0 aromatic carbocycles. The molecular weight excluding hydrogens is 959 g/mol. The van der Waals surface area contributed by atoms with Crippen LogP contribution in [0.15, 0.2) is 60.8 Å². The molecule has 0 aliphatic heterocycles. The van der Waals surface area contributed by atoms with Crippen LogP contribution < -0.4 is 5.32 Å². The Morgan fingerprint density at radius 3 is 1.01 bits per heavy atom. The largest absolute Gasteiger partial charge is 0.466 e. The van der Waals surface area contributed by atoms with Gasteiger partial charge in [-0.15, -0.1) is 0 Å². The Hall–Kier alpha value is -2.44. The van der Waals surface area contributed by atoms with Gasteiger partial charge in [-0.2, -0.15) is 0 Å². The van der Waals surface area contributed by atoms with Gasteiger partial charge in [0.15, 0.2) is 0 Å². The number of carbonyl (C=O) groups excluding carboxylic acids is 2. The third-order valence-electron chi connectivity index (χ3n) is 15.8.